The van der Waals surface area contributed by atoms with Gasteiger partial charge in [-0.3, -0.25) is 4.79 Å². The van der Waals surface area contributed by atoms with Gasteiger partial charge in [0.1, 0.15) is 0 Å². The first-order chi connectivity index (χ1) is 10.5. The van der Waals surface area contributed by atoms with E-state index in [1.807, 2.05) is 32.0 Å². The molecule has 1 N–H and O–H groups in total. The van der Waals surface area contributed by atoms with Crippen LogP contribution in [0.3, 0.4) is 0 Å². The largest absolute Gasteiger partial charge is 0.350 e. The van der Waals surface area contributed by atoms with Crippen molar-refractivity contribution in [1.29, 1.82) is 0 Å². The van der Waals surface area contributed by atoms with Gasteiger partial charge in [0, 0.05) is 31.1 Å². The number of thiophene rings is 1. The highest BCUT2D eigenvalue weighted by molar-refractivity contribution is 7.10. The van der Waals surface area contributed by atoms with Gasteiger partial charge < -0.3 is 10.2 Å². The van der Waals surface area contributed by atoms with Gasteiger partial charge in [0.15, 0.2) is 0 Å². The van der Waals surface area contributed by atoms with Crippen molar-refractivity contribution in [1.82, 2.24) is 15.3 Å². The van der Waals surface area contributed by atoms with E-state index in [2.05, 4.69) is 33.7 Å². The average molecular weight is 318 g/mol. The summed E-state index contributed by atoms with van der Waals surface area (Å²) >= 11 is 1.71. The van der Waals surface area contributed by atoms with Gasteiger partial charge >= 0.3 is 0 Å². The van der Waals surface area contributed by atoms with Gasteiger partial charge in [0.05, 0.1) is 12.2 Å². The van der Waals surface area contributed by atoms with E-state index in [0.717, 1.165) is 17.8 Å². The molecule has 0 radical (unpaired) electrons. The van der Waals surface area contributed by atoms with Crippen LogP contribution in [0.15, 0.2) is 17.5 Å². The number of aromatic nitrogens is 2. The molecular formula is C16H22N4OS. The van der Waals surface area contributed by atoms with Gasteiger partial charge in [-0.15, -0.1) is 11.3 Å². The minimum Gasteiger partial charge on any atom is -0.350 e. The van der Waals surface area contributed by atoms with E-state index in [9.17, 15) is 4.79 Å². The smallest absolute Gasteiger partial charge is 0.225 e. The average Bonchev–Trinajstić information content (AvgIpc) is 2.87. The van der Waals surface area contributed by atoms with Crippen LogP contribution in [-0.4, -0.2) is 30.0 Å². The lowest BCUT2D eigenvalue weighted by atomic mass is 10.2. The second kappa shape index (κ2) is 7.35. The van der Waals surface area contributed by atoms with Crippen LogP contribution in [0.2, 0.25) is 0 Å². The van der Waals surface area contributed by atoms with E-state index in [1.54, 1.807) is 11.3 Å². The number of rotatable bonds is 6. The van der Waals surface area contributed by atoms with Crippen molar-refractivity contribution in [2.24, 2.45) is 0 Å². The van der Waals surface area contributed by atoms with Crippen LogP contribution in [0.4, 0.5) is 5.95 Å². The van der Waals surface area contributed by atoms with Crippen LogP contribution >= 0.6 is 11.3 Å². The maximum Gasteiger partial charge on any atom is 0.225 e. The first-order valence-electron chi connectivity index (χ1n) is 7.27. The fraction of sp³-hybridized carbons (Fsp3) is 0.438. The third-order valence-electron chi connectivity index (χ3n) is 3.31. The van der Waals surface area contributed by atoms with Gasteiger partial charge in [0.2, 0.25) is 11.9 Å². The minimum atomic E-state index is 0.0514. The fourth-order valence-electron chi connectivity index (χ4n) is 2.07. The Hall–Kier alpha value is -1.95. The molecule has 0 unspecified atom stereocenters. The SMILES string of the molecule is Cc1cc(CNC(=O)CCc2sccc2C)nc(N(C)C)n1. The quantitative estimate of drug-likeness (QED) is 0.889. The Morgan fingerprint density at radius 2 is 2.09 bits per heavy atom. The van der Waals surface area contributed by atoms with Crippen LogP contribution in [0.25, 0.3) is 0 Å². The predicted octanol–water partition coefficient (Wildman–Crippen LogP) is 2.47. The van der Waals surface area contributed by atoms with E-state index in [4.69, 9.17) is 0 Å². The first kappa shape index (κ1) is 16.4. The molecule has 0 saturated carbocycles. The monoisotopic (exact) mass is 318 g/mol. The lowest BCUT2D eigenvalue weighted by Crippen LogP contribution is -2.24. The topological polar surface area (TPSA) is 58.1 Å². The summed E-state index contributed by atoms with van der Waals surface area (Å²) in [5.74, 6) is 0.717. The molecule has 0 atom stereocenters. The van der Waals surface area contributed by atoms with Crippen molar-refractivity contribution in [3.8, 4) is 0 Å². The molecule has 2 aromatic heterocycles. The number of carbonyl (C=O) groups is 1. The Kier molecular flexibility index (Phi) is 5.49. The molecule has 1 amide bonds. The van der Waals surface area contributed by atoms with Gasteiger partial charge in [-0.1, -0.05) is 0 Å². The number of hydrogen-bond donors (Lipinski definition) is 1. The summed E-state index contributed by atoms with van der Waals surface area (Å²) in [6.45, 7) is 4.45. The second-order valence-corrected chi connectivity index (χ2v) is 6.50. The zero-order chi connectivity index (χ0) is 16.1. The molecule has 22 heavy (non-hydrogen) atoms. The van der Waals surface area contributed by atoms with Gasteiger partial charge in [0.25, 0.3) is 0 Å². The fourth-order valence-corrected chi connectivity index (χ4v) is 2.98. The number of anilines is 1. The molecule has 0 saturated heterocycles. The van der Waals surface area contributed by atoms with Gasteiger partial charge in [-0.05, 0) is 43.3 Å². The molecule has 2 aromatic rings. The van der Waals surface area contributed by atoms with Crippen molar-refractivity contribution >= 4 is 23.2 Å². The highest BCUT2D eigenvalue weighted by atomic mass is 32.1. The van der Waals surface area contributed by atoms with Crippen molar-refractivity contribution in [3.05, 3.63) is 39.3 Å². The second-order valence-electron chi connectivity index (χ2n) is 5.50. The van der Waals surface area contributed by atoms with Crippen LogP contribution < -0.4 is 10.2 Å². The molecule has 0 aliphatic heterocycles. The molecule has 0 bridgehead atoms. The van der Waals surface area contributed by atoms with E-state index in [0.29, 0.717) is 18.9 Å². The summed E-state index contributed by atoms with van der Waals surface area (Å²) in [6.07, 6.45) is 1.30. The van der Waals surface area contributed by atoms with Crippen molar-refractivity contribution in [2.75, 3.05) is 19.0 Å². The normalized spacial score (nSPS) is 10.5. The zero-order valence-corrected chi connectivity index (χ0v) is 14.3. The summed E-state index contributed by atoms with van der Waals surface area (Å²) in [5.41, 5.74) is 2.99. The number of amides is 1. The van der Waals surface area contributed by atoms with E-state index in [1.165, 1.54) is 10.4 Å². The molecule has 2 rings (SSSR count). The van der Waals surface area contributed by atoms with Crippen LogP contribution in [0.1, 0.15) is 28.2 Å². The molecule has 118 valence electrons. The molecule has 5 nitrogen and oxygen atoms in total. The number of aryl methyl sites for hydroxylation is 3. The number of nitrogens with one attached hydrogen (secondary N) is 1. The Morgan fingerprint density at radius 3 is 2.73 bits per heavy atom. The molecule has 0 aromatic carbocycles. The lowest BCUT2D eigenvalue weighted by Gasteiger charge is -2.12. The lowest BCUT2D eigenvalue weighted by molar-refractivity contribution is -0.121. The summed E-state index contributed by atoms with van der Waals surface area (Å²) in [6, 6.07) is 3.99. The summed E-state index contributed by atoms with van der Waals surface area (Å²) in [5, 5.41) is 5.00. The zero-order valence-electron chi connectivity index (χ0n) is 13.5. The van der Waals surface area contributed by atoms with Crippen molar-refractivity contribution in [2.45, 2.75) is 33.2 Å². The summed E-state index contributed by atoms with van der Waals surface area (Å²) in [4.78, 5) is 23.9. The van der Waals surface area contributed by atoms with E-state index >= 15 is 0 Å². The Morgan fingerprint density at radius 1 is 1.32 bits per heavy atom. The molecule has 2 heterocycles. The van der Waals surface area contributed by atoms with Crippen molar-refractivity contribution < 1.29 is 4.79 Å². The van der Waals surface area contributed by atoms with E-state index < -0.39 is 0 Å². The van der Waals surface area contributed by atoms with Crippen LogP contribution in [0, 0.1) is 13.8 Å². The van der Waals surface area contributed by atoms with Crippen LogP contribution in [0.5, 0.6) is 0 Å². The Labute approximate surface area is 135 Å². The summed E-state index contributed by atoms with van der Waals surface area (Å²) < 4.78 is 0. The Balaban J connectivity index is 1.87. The van der Waals surface area contributed by atoms with Crippen LogP contribution in [-0.2, 0) is 17.8 Å². The predicted molar refractivity (Wildman–Crippen MR) is 90.3 cm³/mol. The highest BCUT2D eigenvalue weighted by Crippen LogP contribution is 2.17. The molecule has 0 aliphatic carbocycles. The highest BCUT2D eigenvalue weighted by Gasteiger charge is 2.08. The first-order valence-corrected chi connectivity index (χ1v) is 8.15. The van der Waals surface area contributed by atoms with E-state index in [-0.39, 0.29) is 5.91 Å². The third-order valence-corrected chi connectivity index (χ3v) is 4.39. The van der Waals surface area contributed by atoms with Gasteiger partial charge in [-0.25, -0.2) is 9.97 Å². The van der Waals surface area contributed by atoms with Crippen molar-refractivity contribution in [3.63, 3.8) is 0 Å². The minimum absolute atomic E-state index is 0.0514. The molecule has 0 spiro atoms. The maximum atomic E-state index is 12.0. The molecule has 6 heteroatoms. The van der Waals surface area contributed by atoms with Gasteiger partial charge in [-0.2, -0.15) is 0 Å². The third kappa shape index (κ3) is 4.53. The summed E-state index contributed by atoms with van der Waals surface area (Å²) in [7, 11) is 3.81. The Bertz CT molecular complexity index is 651. The maximum absolute atomic E-state index is 12.0. The molecular weight excluding hydrogens is 296 g/mol. The molecule has 0 fully saturated rings. The standard InChI is InChI=1S/C16H22N4OS/c1-11-7-8-22-14(11)5-6-15(21)17-10-13-9-12(2)18-16(19-13)20(3)4/h7-9H,5-6,10H2,1-4H3,(H,17,21). The molecule has 0 aliphatic rings. The number of hydrogen-bond acceptors (Lipinski definition) is 5. The number of nitrogens with zero attached hydrogens (tertiary/aromatic N) is 3. The number of carbonyl (C=O) groups excluding carboxylic acids is 1.